The Balaban J connectivity index is 2.22. The molecule has 23 heavy (non-hydrogen) atoms. The van der Waals surface area contributed by atoms with Gasteiger partial charge < -0.3 is 14.7 Å². The van der Waals surface area contributed by atoms with Crippen LogP contribution >= 0.6 is 0 Å². The smallest absolute Gasteiger partial charge is 0.311 e. The summed E-state index contributed by atoms with van der Waals surface area (Å²) in [6.07, 6.45) is 0.783. The molecule has 0 saturated heterocycles. The third-order valence-corrected chi connectivity index (χ3v) is 4.72. The second kappa shape index (κ2) is 6.16. The van der Waals surface area contributed by atoms with Crippen LogP contribution in [0.15, 0.2) is 18.2 Å². The third kappa shape index (κ3) is 2.88. The van der Waals surface area contributed by atoms with Crippen LogP contribution in [0.5, 0.6) is 5.75 Å². The molecule has 1 aromatic rings. The van der Waals surface area contributed by atoms with Gasteiger partial charge in [0, 0.05) is 31.2 Å². The van der Waals surface area contributed by atoms with Crippen molar-refractivity contribution in [1.29, 1.82) is 0 Å². The number of nitrogens with zero attached hydrogens (tertiary/aromatic N) is 2. The normalized spacial score (nSPS) is 22.3. The predicted octanol–water partition coefficient (Wildman–Crippen LogP) is 2.58. The van der Waals surface area contributed by atoms with Crippen LogP contribution in [0.4, 0.5) is 5.69 Å². The Morgan fingerprint density at radius 2 is 2.17 bits per heavy atom. The number of nitro benzene ring substituents is 1. The molecule has 2 rings (SSSR count). The standard InChI is InChI=1S/C16H22N2O5/c1-5-23-13-9-12(16(13,2)3)17(4)15(20)10-7-6-8-11(14(10)19)18(21)22/h6-8,12-13,19H,5,9H2,1-4H3. The van der Waals surface area contributed by atoms with E-state index in [4.69, 9.17) is 4.74 Å². The largest absolute Gasteiger partial charge is 0.502 e. The molecule has 1 fully saturated rings. The highest BCUT2D eigenvalue weighted by atomic mass is 16.6. The number of phenols is 1. The molecule has 0 aromatic heterocycles. The highest BCUT2D eigenvalue weighted by molar-refractivity contribution is 5.98. The number of phenolic OH excluding ortho intramolecular Hbond substituents is 1. The number of amides is 1. The summed E-state index contributed by atoms with van der Waals surface area (Å²) in [4.78, 5) is 24.4. The highest BCUT2D eigenvalue weighted by Crippen LogP contribution is 2.46. The molecule has 0 bridgehead atoms. The number of para-hydroxylation sites is 1. The highest BCUT2D eigenvalue weighted by Gasteiger charge is 2.52. The third-order valence-electron chi connectivity index (χ3n) is 4.72. The summed E-state index contributed by atoms with van der Waals surface area (Å²) >= 11 is 0. The van der Waals surface area contributed by atoms with E-state index < -0.39 is 22.3 Å². The maximum absolute atomic E-state index is 12.6. The molecule has 1 aromatic carbocycles. The zero-order chi connectivity index (χ0) is 17.4. The Bertz CT molecular complexity index is 629. The summed E-state index contributed by atoms with van der Waals surface area (Å²) in [5.74, 6) is -1.02. The van der Waals surface area contributed by atoms with Crippen molar-refractivity contribution in [2.75, 3.05) is 13.7 Å². The quantitative estimate of drug-likeness (QED) is 0.664. The second-order valence-electron chi connectivity index (χ2n) is 6.36. The molecule has 0 spiro atoms. The van der Waals surface area contributed by atoms with E-state index in [0.717, 1.165) is 0 Å². The van der Waals surface area contributed by atoms with Crippen LogP contribution in [0.25, 0.3) is 0 Å². The van der Waals surface area contributed by atoms with Gasteiger partial charge in [0.2, 0.25) is 5.75 Å². The lowest BCUT2D eigenvalue weighted by atomic mass is 9.63. The van der Waals surface area contributed by atoms with Crippen molar-refractivity contribution in [3.05, 3.63) is 33.9 Å². The molecule has 1 amide bonds. The summed E-state index contributed by atoms with van der Waals surface area (Å²) in [6.45, 7) is 6.60. The fourth-order valence-electron chi connectivity index (χ4n) is 3.19. The fourth-order valence-corrected chi connectivity index (χ4v) is 3.19. The van der Waals surface area contributed by atoms with Gasteiger partial charge in [-0.25, -0.2) is 0 Å². The summed E-state index contributed by atoms with van der Waals surface area (Å²) in [7, 11) is 1.65. The van der Waals surface area contributed by atoms with Gasteiger partial charge in [-0.05, 0) is 19.4 Å². The molecule has 0 heterocycles. The maximum atomic E-state index is 12.6. The van der Waals surface area contributed by atoms with Crippen molar-refractivity contribution in [3.8, 4) is 5.75 Å². The first kappa shape index (κ1) is 17.2. The Morgan fingerprint density at radius 1 is 1.52 bits per heavy atom. The number of aromatic hydroxyl groups is 1. The minimum absolute atomic E-state index is 0.0507. The molecule has 1 saturated carbocycles. The molecule has 1 aliphatic carbocycles. The number of rotatable bonds is 5. The summed E-state index contributed by atoms with van der Waals surface area (Å²) in [6, 6.07) is 3.91. The zero-order valence-corrected chi connectivity index (χ0v) is 13.8. The number of ether oxygens (including phenoxy) is 1. The summed E-state index contributed by atoms with van der Waals surface area (Å²) < 4.78 is 5.66. The zero-order valence-electron chi connectivity index (χ0n) is 13.8. The number of hydrogen-bond acceptors (Lipinski definition) is 5. The Kier molecular flexibility index (Phi) is 4.61. The van der Waals surface area contributed by atoms with Crippen LogP contribution in [0.1, 0.15) is 37.6 Å². The summed E-state index contributed by atoms with van der Waals surface area (Å²) in [5, 5.41) is 20.9. The van der Waals surface area contributed by atoms with Crippen molar-refractivity contribution >= 4 is 11.6 Å². The van der Waals surface area contributed by atoms with E-state index in [-0.39, 0.29) is 23.1 Å². The molecule has 7 nitrogen and oxygen atoms in total. The van der Waals surface area contributed by atoms with Crippen molar-refractivity contribution in [2.45, 2.75) is 39.3 Å². The average Bonchev–Trinajstić information content (AvgIpc) is 2.49. The van der Waals surface area contributed by atoms with Crippen LogP contribution in [-0.2, 0) is 4.74 Å². The Labute approximate surface area is 135 Å². The number of hydrogen-bond donors (Lipinski definition) is 1. The van der Waals surface area contributed by atoms with E-state index >= 15 is 0 Å². The van der Waals surface area contributed by atoms with Gasteiger partial charge in [-0.3, -0.25) is 14.9 Å². The fraction of sp³-hybridized carbons (Fsp3) is 0.562. The predicted molar refractivity (Wildman–Crippen MR) is 84.5 cm³/mol. The minimum Gasteiger partial charge on any atom is -0.502 e. The molecular formula is C16H22N2O5. The van der Waals surface area contributed by atoms with Crippen LogP contribution in [-0.4, -0.2) is 46.6 Å². The lowest BCUT2D eigenvalue weighted by Crippen LogP contribution is -2.62. The van der Waals surface area contributed by atoms with Gasteiger partial charge in [-0.1, -0.05) is 19.9 Å². The molecule has 1 aliphatic rings. The van der Waals surface area contributed by atoms with Crippen LogP contribution < -0.4 is 0 Å². The van der Waals surface area contributed by atoms with Gasteiger partial charge in [0.15, 0.2) is 0 Å². The van der Waals surface area contributed by atoms with Crippen molar-refractivity contribution < 1.29 is 19.6 Å². The van der Waals surface area contributed by atoms with E-state index in [1.54, 1.807) is 7.05 Å². The van der Waals surface area contributed by atoms with Gasteiger partial charge in [0.05, 0.1) is 16.6 Å². The molecule has 0 radical (unpaired) electrons. The number of carbonyl (C=O) groups is 1. The van der Waals surface area contributed by atoms with Crippen LogP contribution in [0, 0.1) is 15.5 Å². The van der Waals surface area contributed by atoms with Gasteiger partial charge >= 0.3 is 5.69 Å². The van der Waals surface area contributed by atoms with E-state index in [1.807, 2.05) is 20.8 Å². The van der Waals surface area contributed by atoms with Crippen molar-refractivity contribution in [3.63, 3.8) is 0 Å². The number of benzene rings is 1. The first-order valence-electron chi connectivity index (χ1n) is 7.56. The van der Waals surface area contributed by atoms with Gasteiger partial charge in [-0.15, -0.1) is 0 Å². The van der Waals surface area contributed by atoms with E-state index in [1.165, 1.54) is 23.1 Å². The molecule has 1 N–H and O–H groups in total. The molecule has 7 heteroatoms. The van der Waals surface area contributed by atoms with Crippen LogP contribution in [0.3, 0.4) is 0 Å². The minimum atomic E-state index is -0.704. The first-order chi connectivity index (χ1) is 10.7. The monoisotopic (exact) mass is 322 g/mol. The lowest BCUT2D eigenvalue weighted by molar-refractivity contribution is -0.385. The lowest BCUT2D eigenvalue weighted by Gasteiger charge is -2.54. The van der Waals surface area contributed by atoms with E-state index in [0.29, 0.717) is 13.0 Å². The molecule has 2 unspecified atom stereocenters. The van der Waals surface area contributed by atoms with Crippen molar-refractivity contribution in [2.24, 2.45) is 5.41 Å². The SMILES string of the molecule is CCOC1CC(N(C)C(=O)c2cccc([N+](=O)[O-])c2O)C1(C)C. The first-order valence-corrected chi connectivity index (χ1v) is 7.56. The average molecular weight is 322 g/mol. The number of carbonyl (C=O) groups excluding carboxylic acids is 1. The Morgan fingerprint density at radius 3 is 2.70 bits per heavy atom. The van der Waals surface area contributed by atoms with Gasteiger partial charge in [0.1, 0.15) is 0 Å². The van der Waals surface area contributed by atoms with Crippen LogP contribution in [0.2, 0.25) is 0 Å². The van der Waals surface area contributed by atoms with Gasteiger partial charge in [-0.2, -0.15) is 0 Å². The maximum Gasteiger partial charge on any atom is 0.311 e. The second-order valence-corrected chi connectivity index (χ2v) is 6.36. The van der Waals surface area contributed by atoms with E-state index in [2.05, 4.69) is 0 Å². The van der Waals surface area contributed by atoms with E-state index in [9.17, 15) is 20.0 Å². The molecule has 0 aliphatic heterocycles. The topological polar surface area (TPSA) is 92.9 Å². The molecule has 126 valence electrons. The van der Waals surface area contributed by atoms with Gasteiger partial charge in [0.25, 0.3) is 5.91 Å². The molecular weight excluding hydrogens is 300 g/mol. The Hall–Kier alpha value is -2.15. The summed E-state index contributed by atoms with van der Waals surface area (Å²) in [5.41, 5.74) is -0.738. The van der Waals surface area contributed by atoms with Crippen molar-refractivity contribution in [1.82, 2.24) is 4.90 Å². The number of nitro groups is 1. The molecule has 2 atom stereocenters.